The fourth-order valence-electron chi connectivity index (χ4n) is 4.36. The Hall–Kier alpha value is -3.22. The van der Waals surface area contributed by atoms with Gasteiger partial charge >= 0.3 is 5.97 Å². The number of pyridine rings is 1. The predicted octanol–water partition coefficient (Wildman–Crippen LogP) is 5.02. The maximum atomic E-state index is 11.7. The molecule has 0 radical (unpaired) electrons. The normalized spacial score (nSPS) is 15.1. The van der Waals surface area contributed by atoms with E-state index >= 15 is 0 Å². The fraction of sp³-hybridized carbons (Fsp3) is 0.357. The van der Waals surface area contributed by atoms with Gasteiger partial charge in [0.2, 0.25) is 0 Å². The molecule has 0 spiro atoms. The molecule has 4 rings (SSSR count). The zero-order valence-electron chi connectivity index (χ0n) is 19.3. The molecule has 1 aliphatic carbocycles. The van der Waals surface area contributed by atoms with Crippen LogP contribution in [0.4, 0.5) is 0 Å². The van der Waals surface area contributed by atoms with Crippen molar-refractivity contribution in [2.24, 2.45) is 0 Å². The second-order valence-electron chi connectivity index (χ2n) is 8.85. The number of aliphatic hydroxyl groups excluding tert-OH is 1. The van der Waals surface area contributed by atoms with E-state index in [0.29, 0.717) is 12.3 Å². The number of ether oxygens (including phenoxy) is 1. The zero-order chi connectivity index (χ0) is 23.8. The molecule has 3 aromatic rings. The summed E-state index contributed by atoms with van der Waals surface area (Å²) in [7, 11) is 0. The van der Waals surface area contributed by atoms with Gasteiger partial charge in [-0.2, -0.15) is 0 Å². The first-order valence-electron chi connectivity index (χ1n) is 12.0. The lowest BCUT2D eigenvalue weighted by Gasteiger charge is -2.24. The van der Waals surface area contributed by atoms with Crippen molar-refractivity contribution in [2.45, 2.75) is 50.7 Å². The van der Waals surface area contributed by atoms with Crippen molar-refractivity contribution in [1.29, 1.82) is 0 Å². The number of hydrogen-bond acceptors (Lipinski definition) is 5. The molecule has 3 N–H and O–H groups in total. The van der Waals surface area contributed by atoms with Gasteiger partial charge in [0.15, 0.2) is 0 Å². The van der Waals surface area contributed by atoms with E-state index in [1.807, 2.05) is 24.3 Å². The van der Waals surface area contributed by atoms with Crippen molar-refractivity contribution in [2.75, 3.05) is 13.1 Å². The maximum absolute atomic E-state index is 11.7. The van der Waals surface area contributed by atoms with Crippen LogP contribution in [0.2, 0.25) is 0 Å². The third-order valence-electron chi connectivity index (χ3n) is 6.34. The van der Waals surface area contributed by atoms with E-state index in [1.165, 1.54) is 12.0 Å². The first kappa shape index (κ1) is 23.9. The number of carbonyl (C=O) groups is 1. The van der Waals surface area contributed by atoms with E-state index in [4.69, 9.17) is 4.74 Å². The van der Waals surface area contributed by atoms with Crippen molar-refractivity contribution >= 4 is 5.97 Å². The molecule has 0 aliphatic heterocycles. The Balaban J connectivity index is 1.35. The Morgan fingerprint density at radius 2 is 1.82 bits per heavy atom. The third kappa shape index (κ3) is 6.43. The van der Waals surface area contributed by atoms with Crippen LogP contribution in [0.1, 0.15) is 59.7 Å². The molecule has 0 bridgehead atoms. The highest BCUT2D eigenvalue weighted by atomic mass is 16.5. The average Bonchev–Trinajstić information content (AvgIpc) is 2.88. The quantitative estimate of drug-likeness (QED) is 0.368. The Kier molecular flexibility index (Phi) is 8.28. The number of aliphatic hydroxyl groups is 1. The minimum Gasteiger partial charge on any atom is -0.490 e. The third-order valence-corrected chi connectivity index (χ3v) is 6.34. The van der Waals surface area contributed by atoms with Crippen LogP contribution < -0.4 is 10.1 Å². The molecule has 0 saturated heterocycles. The van der Waals surface area contributed by atoms with E-state index in [9.17, 15) is 15.0 Å². The average molecular weight is 461 g/mol. The molecule has 2 aromatic carbocycles. The van der Waals surface area contributed by atoms with Gasteiger partial charge in [-0.3, -0.25) is 4.98 Å². The van der Waals surface area contributed by atoms with Gasteiger partial charge in [0.1, 0.15) is 11.3 Å². The summed E-state index contributed by atoms with van der Waals surface area (Å²) in [5.74, 6) is -0.508. The highest BCUT2D eigenvalue weighted by molar-refractivity contribution is 5.92. The lowest BCUT2D eigenvalue weighted by atomic mass is 9.97. The summed E-state index contributed by atoms with van der Waals surface area (Å²) in [5, 5.41) is 23.1. The summed E-state index contributed by atoms with van der Waals surface area (Å²) in [6, 6.07) is 17.3. The highest BCUT2D eigenvalue weighted by Gasteiger charge is 2.19. The molecule has 0 unspecified atom stereocenters. The van der Waals surface area contributed by atoms with E-state index in [2.05, 4.69) is 34.6 Å². The number of nitrogens with zero attached hydrogens (tertiary/aromatic N) is 1. The van der Waals surface area contributed by atoms with Crippen LogP contribution in [0.5, 0.6) is 5.75 Å². The van der Waals surface area contributed by atoms with Crippen LogP contribution in [0.3, 0.4) is 0 Å². The molecule has 1 saturated carbocycles. The number of aromatic nitrogens is 1. The van der Waals surface area contributed by atoms with E-state index < -0.39 is 12.1 Å². The van der Waals surface area contributed by atoms with Crippen molar-refractivity contribution in [3.63, 3.8) is 0 Å². The van der Waals surface area contributed by atoms with Crippen LogP contribution in [-0.4, -0.2) is 40.4 Å². The van der Waals surface area contributed by atoms with Crippen molar-refractivity contribution in [1.82, 2.24) is 10.3 Å². The molecular weight excluding hydrogens is 428 g/mol. The molecule has 1 aliphatic rings. The predicted molar refractivity (Wildman–Crippen MR) is 132 cm³/mol. The SMILES string of the molecule is O=C(O)c1ccc(-c2ccc(CCNC[C@H](O)c3cccnc3)cc2)cc1OC1CCCCC1. The van der Waals surface area contributed by atoms with Gasteiger partial charge in [-0.05, 0) is 73.5 Å². The van der Waals surface area contributed by atoms with Crippen molar-refractivity contribution in [3.05, 3.63) is 83.7 Å². The van der Waals surface area contributed by atoms with Crippen molar-refractivity contribution < 1.29 is 19.7 Å². The summed E-state index contributed by atoms with van der Waals surface area (Å²) >= 11 is 0. The van der Waals surface area contributed by atoms with Crippen LogP contribution in [-0.2, 0) is 6.42 Å². The minimum atomic E-state index is -0.964. The zero-order valence-corrected chi connectivity index (χ0v) is 19.3. The largest absolute Gasteiger partial charge is 0.490 e. The molecule has 34 heavy (non-hydrogen) atoms. The fourth-order valence-corrected chi connectivity index (χ4v) is 4.36. The highest BCUT2D eigenvalue weighted by Crippen LogP contribution is 2.31. The van der Waals surface area contributed by atoms with Gasteiger partial charge < -0.3 is 20.3 Å². The molecule has 1 atom stereocenters. The van der Waals surface area contributed by atoms with Gasteiger partial charge in [0.05, 0.1) is 12.2 Å². The smallest absolute Gasteiger partial charge is 0.339 e. The van der Waals surface area contributed by atoms with Gasteiger partial charge in [0, 0.05) is 24.5 Å². The Bertz CT molecular complexity index is 1060. The molecule has 6 heteroatoms. The minimum absolute atomic E-state index is 0.0913. The lowest BCUT2D eigenvalue weighted by Crippen LogP contribution is -2.23. The Labute approximate surface area is 200 Å². The van der Waals surface area contributed by atoms with Crippen molar-refractivity contribution in [3.8, 4) is 16.9 Å². The monoisotopic (exact) mass is 460 g/mol. The summed E-state index contributed by atoms with van der Waals surface area (Å²) in [6.45, 7) is 1.23. The lowest BCUT2D eigenvalue weighted by molar-refractivity contribution is 0.0686. The van der Waals surface area contributed by atoms with Crippen LogP contribution >= 0.6 is 0 Å². The summed E-state index contributed by atoms with van der Waals surface area (Å²) in [6.07, 6.45) is 9.17. The summed E-state index contributed by atoms with van der Waals surface area (Å²) in [4.78, 5) is 15.7. The molecule has 178 valence electrons. The first-order valence-corrected chi connectivity index (χ1v) is 12.0. The van der Waals surface area contributed by atoms with Gasteiger partial charge in [0.25, 0.3) is 0 Å². The number of carboxylic acid groups (broad SMARTS) is 1. The topological polar surface area (TPSA) is 91.7 Å². The summed E-state index contributed by atoms with van der Waals surface area (Å²) in [5.41, 5.74) is 4.17. The molecule has 1 aromatic heterocycles. The van der Waals surface area contributed by atoms with E-state index in [0.717, 1.165) is 55.3 Å². The number of nitrogens with one attached hydrogen (secondary N) is 1. The first-order chi connectivity index (χ1) is 16.6. The Morgan fingerprint density at radius 1 is 1.06 bits per heavy atom. The maximum Gasteiger partial charge on any atom is 0.339 e. The van der Waals surface area contributed by atoms with Gasteiger partial charge in [-0.15, -0.1) is 0 Å². The molecule has 1 fully saturated rings. The number of benzene rings is 2. The number of aromatic carboxylic acids is 1. The standard InChI is InChI=1S/C28H32N2O4/c31-26(23-5-4-15-29-18-23)19-30-16-14-20-8-10-21(11-9-20)22-12-13-25(28(32)33)27(17-22)34-24-6-2-1-3-7-24/h4-5,8-13,15,17-18,24,26,30-31H,1-3,6-7,14,16,19H2,(H,32,33)/t26-/m0/s1. The summed E-state index contributed by atoms with van der Waals surface area (Å²) < 4.78 is 6.14. The molecular formula is C28H32N2O4. The molecule has 0 amide bonds. The second kappa shape index (κ2) is 11.8. The van der Waals surface area contributed by atoms with Crippen LogP contribution in [0.25, 0.3) is 11.1 Å². The van der Waals surface area contributed by atoms with Crippen LogP contribution in [0.15, 0.2) is 67.0 Å². The number of carboxylic acids is 1. The Morgan fingerprint density at radius 3 is 2.53 bits per heavy atom. The van der Waals surface area contributed by atoms with Gasteiger partial charge in [-0.1, -0.05) is 42.8 Å². The number of hydrogen-bond donors (Lipinski definition) is 3. The second-order valence-corrected chi connectivity index (χ2v) is 8.85. The van der Waals surface area contributed by atoms with Gasteiger partial charge in [-0.25, -0.2) is 4.79 Å². The van der Waals surface area contributed by atoms with Crippen LogP contribution in [0, 0.1) is 0 Å². The number of rotatable bonds is 10. The molecule has 1 heterocycles. The van der Waals surface area contributed by atoms with E-state index in [1.54, 1.807) is 18.5 Å². The van der Waals surface area contributed by atoms with E-state index in [-0.39, 0.29) is 11.7 Å². The molecule has 6 nitrogen and oxygen atoms in total.